The largest absolute Gasteiger partial charge is 0.324 e. The molecule has 5 heteroatoms. The van der Waals surface area contributed by atoms with Crippen LogP contribution in [-0.2, 0) is 10.0 Å². The summed E-state index contributed by atoms with van der Waals surface area (Å²) in [4.78, 5) is 0. The summed E-state index contributed by atoms with van der Waals surface area (Å²) in [6, 6.07) is -0.0208. The van der Waals surface area contributed by atoms with Gasteiger partial charge in [0.2, 0.25) is 10.0 Å². The van der Waals surface area contributed by atoms with E-state index in [0.717, 1.165) is 6.42 Å². The van der Waals surface area contributed by atoms with Gasteiger partial charge in [0.25, 0.3) is 0 Å². The average Bonchev–Trinajstić information content (AvgIpc) is 1.46. The summed E-state index contributed by atoms with van der Waals surface area (Å²) in [7, 11) is -3.05. The van der Waals surface area contributed by atoms with Crippen molar-refractivity contribution >= 4 is 10.0 Å². The third-order valence-electron chi connectivity index (χ3n) is 2.26. The molecular formula is C7H16N2O2S. The lowest BCUT2D eigenvalue weighted by atomic mass is 9.88. The van der Waals surface area contributed by atoms with Crippen molar-refractivity contribution in [3.8, 4) is 0 Å². The van der Waals surface area contributed by atoms with E-state index < -0.39 is 15.6 Å². The van der Waals surface area contributed by atoms with Crippen LogP contribution in [0.5, 0.6) is 0 Å². The predicted octanol–water partition coefficient (Wildman–Crippen LogP) is -0.242. The maximum atomic E-state index is 11.1. The smallest absolute Gasteiger partial charge is 0.211 e. The van der Waals surface area contributed by atoms with Gasteiger partial charge in [-0.05, 0) is 20.3 Å². The maximum Gasteiger partial charge on any atom is 0.211 e. The van der Waals surface area contributed by atoms with Crippen molar-refractivity contribution in [3.63, 3.8) is 0 Å². The van der Waals surface area contributed by atoms with Crippen LogP contribution in [0, 0.1) is 0 Å². The van der Waals surface area contributed by atoms with E-state index in [1.54, 1.807) is 0 Å². The number of hydrogen-bond acceptors (Lipinski definition) is 3. The molecule has 1 atom stereocenters. The Hall–Kier alpha value is -0.130. The molecule has 0 bridgehead atoms. The Morgan fingerprint density at radius 1 is 1.50 bits per heavy atom. The number of sulfonamides is 1. The van der Waals surface area contributed by atoms with Gasteiger partial charge in [0, 0.05) is 18.1 Å². The van der Waals surface area contributed by atoms with Crippen molar-refractivity contribution in [2.24, 2.45) is 5.73 Å². The summed E-state index contributed by atoms with van der Waals surface area (Å²) in [5, 5.41) is 0. The van der Waals surface area contributed by atoms with E-state index in [4.69, 9.17) is 5.73 Å². The quantitative estimate of drug-likeness (QED) is 0.656. The second-order valence-corrected chi connectivity index (χ2v) is 5.93. The van der Waals surface area contributed by atoms with Gasteiger partial charge in [-0.2, -0.15) is 4.31 Å². The summed E-state index contributed by atoms with van der Waals surface area (Å²) in [5.41, 5.74) is 5.39. The molecule has 1 unspecified atom stereocenters. The van der Waals surface area contributed by atoms with Crippen molar-refractivity contribution in [2.75, 3.05) is 12.8 Å². The first-order valence-corrected chi connectivity index (χ1v) is 5.83. The van der Waals surface area contributed by atoms with Gasteiger partial charge in [-0.15, -0.1) is 0 Å². The second-order valence-electron chi connectivity index (χ2n) is 4.00. The highest BCUT2D eigenvalue weighted by Crippen LogP contribution is 2.27. The van der Waals surface area contributed by atoms with Crippen LogP contribution in [0.3, 0.4) is 0 Å². The van der Waals surface area contributed by atoms with E-state index in [-0.39, 0.29) is 6.04 Å². The van der Waals surface area contributed by atoms with Crippen LogP contribution in [0.15, 0.2) is 0 Å². The zero-order chi connectivity index (χ0) is 9.57. The Kier molecular flexibility index (Phi) is 2.22. The fourth-order valence-electron chi connectivity index (χ4n) is 1.50. The fourth-order valence-corrected chi connectivity index (χ4v) is 2.78. The highest BCUT2D eigenvalue weighted by Gasteiger charge is 2.42. The Bertz CT molecular complexity index is 266. The number of hydrogen-bond donors (Lipinski definition) is 1. The van der Waals surface area contributed by atoms with E-state index in [2.05, 4.69) is 0 Å². The van der Waals surface area contributed by atoms with E-state index in [9.17, 15) is 8.42 Å². The van der Waals surface area contributed by atoms with Crippen LogP contribution >= 0.6 is 0 Å². The molecular weight excluding hydrogens is 176 g/mol. The van der Waals surface area contributed by atoms with Crippen molar-refractivity contribution in [3.05, 3.63) is 0 Å². The van der Waals surface area contributed by atoms with Crippen LogP contribution in [0.1, 0.15) is 20.3 Å². The van der Waals surface area contributed by atoms with Crippen LogP contribution in [0.25, 0.3) is 0 Å². The minimum absolute atomic E-state index is 0.0208. The van der Waals surface area contributed by atoms with E-state index in [0.29, 0.717) is 6.54 Å². The third-order valence-corrected chi connectivity index (χ3v) is 3.54. The normalized spacial score (nSPS) is 26.8. The molecule has 0 saturated carbocycles. The molecule has 0 aromatic heterocycles. The molecule has 1 saturated heterocycles. The highest BCUT2D eigenvalue weighted by molar-refractivity contribution is 7.88. The Morgan fingerprint density at radius 3 is 2.08 bits per heavy atom. The summed E-state index contributed by atoms with van der Waals surface area (Å²) in [5.74, 6) is 0. The van der Waals surface area contributed by atoms with Crippen LogP contribution < -0.4 is 5.73 Å². The first-order valence-electron chi connectivity index (χ1n) is 3.98. The van der Waals surface area contributed by atoms with E-state index in [1.165, 1.54) is 10.6 Å². The standard InChI is InChI=1S/C7H16N2O2S/c1-7(2,8)6-4-5-9(6)12(3,10)11/h6H,4-5,8H2,1-3H3. The first-order chi connectivity index (χ1) is 5.23. The fraction of sp³-hybridized carbons (Fsp3) is 1.00. The summed E-state index contributed by atoms with van der Waals surface area (Å²) >= 11 is 0. The molecule has 0 radical (unpaired) electrons. The topological polar surface area (TPSA) is 63.4 Å². The highest BCUT2D eigenvalue weighted by atomic mass is 32.2. The monoisotopic (exact) mass is 192 g/mol. The lowest BCUT2D eigenvalue weighted by Crippen LogP contribution is -2.63. The number of nitrogens with zero attached hydrogens (tertiary/aromatic N) is 1. The molecule has 1 aliphatic rings. The number of nitrogens with two attached hydrogens (primary N) is 1. The molecule has 0 aromatic rings. The SMILES string of the molecule is CC(C)(N)C1CCN1S(C)(=O)=O. The molecule has 1 aliphatic heterocycles. The van der Waals surface area contributed by atoms with Crippen molar-refractivity contribution < 1.29 is 8.42 Å². The van der Waals surface area contributed by atoms with Gasteiger partial charge in [-0.3, -0.25) is 0 Å². The summed E-state index contributed by atoms with van der Waals surface area (Å²) in [6.07, 6.45) is 2.10. The lowest BCUT2D eigenvalue weighted by Gasteiger charge is -2.46. The predicted molar refractivity (Wildman–Crippen MR) is 48.2 cm³/mol. The van der Waals surface area contributed by atoms with Crippen LogP contribution in [0.2, 0.25) is 0 Å². The van der Waals surface area contributed by atoms with Crippen molar-refractivity contribution in [1.29, 1.82) is 0 Å². The van der Waals surface area contributed by atoms with Gasteiger partial charge in [0.15, 0.2) is 0 Å². The molecule has 0 amide bonds. The van der Waals surface area contributed by atoms with Gasteiger partial charge < -0.3 is 5.73 Å². The molecule has 1 rings (SSSR count). The zero-order valence-corrected chi connectivity index (χ0v) is 8.56. The van der Waals surface area contributed by atoms with Gasteiger partial charge in [-0.25, -0.2) is 8.42 Å². The second kappa shape index (κ2) is 2.68. The average molecular weight is 192 g/mol. The van der Waals surface area contributed by atoms with E-state index >= 15 is 0 Å². The number of rotatable bonds is 2. The molecule has 12 heavy (non-hydrogen) atoms. The van der Waals surface area contributed by atoms with Gasteiger partial charge in [0.05, 0.1) is 6.26 Å². The molecule has 1 fully saturated rings. The van der Waals surface area contributed by atoms with Crippen molar-refractivity contribution in [2.45, 2.75) is 31.8 Å². The van der Waals surface area contributed by atoms with Gasteiger partial charge in [-0.1, -0.05) is 0 Å². The first kappa shape index (κ1) is 9.95. The summed E-state index contributed by atoms with van der Waals surface area (Å²) in [6.45, 7) is 4.33. The lowest BCUT2D eigenvalue weighted by molar-refractivity contribution is 0.130. The maximum absolute atomic E-state index is 11.1. The zero-order valence-electron chi connectivity index (χ0n) is 7.74. The van der Waals surface area contributed by atoms with Crippen LogP contribution in [0.4, 0.5) is 0 Å². The summed E-state index contributed by atoms with van der Waals surface area (Å²) < 4.78 is 23.7. The molecule has 1 heterocycles. The molecule has 0 aromatic carbocycles. The molecule has 72 valence electrons. The Balaban J connectivity index is 2.75. The van der Waals surface area contributed by atoms with Gasteiger partial charge in [0.1, 0.15) is 0 Å². The Labute approximate surface area is 73.8 Å². The molecule has 0 spiro atoms. The molecule has 4 nitrogen and oxygen atoms in total. The minimum atomic E-state index is -3.05. The van der Waals surface area contributed by atoms with Crippen LogP contribution in [-0.4, -0.2) is 37.1 Å². The van der Waals surface area contributed by atoms with Crippen molar-refractivity contribution in [1.82, 2.24) is 4.31 Å². The van der Waals surface area contributed by atoms with Gasteiger partial charge >= 0.3 is 0 Å². The van der Waals surface area contributed by atoms with E-state index in [1.807, 2.05) is 13.8 Å². The molecule has 0 aliphatic carbocycles. The molecule has 2 N–H and O–H groups in total. The third kappa shape index (κ3) is 1.78. The Morgan fingerprint density at radius 2 is 2.00 bits per heavy atom. The minimum Gasteiger partial charge on any atom is -0.324 e.